The topological polar surface area (TPSA) is 271 Å². The molecule has 0 saturated carbocycles. The fourth-order valence-electron chi connectivity index (χ4n) is 5.77. The summed E-state index contributed by atoms with van der Waals surface area (Å²) in [5.41, 5.74) is 6.66. The maximum absolute atomic E-state index is 14.1. The van der Waals surface area contributed by atoms with Crippen LogP contribution < -0.4 is 37.6 Å². The van der Waals surface area contributed by atoms with Gasteiger partial charge in [-0.3, -0.25) is 38.4 Å². The Bertz CT molecular complexity index is 1700. The number of carboxylic acids is 1. The number of H-pyrrole nitrogens is 1. The van der Waals surface area contributed by atoms with Gasteiger partial charge in [-0.25, -0.2) is 0 Å². The second kappa shape index (κ2) is 21.7. The van der Waals surface area contributed by atoms with Crippen molar-refractivity contribution in [3.63, 3.8) is 0 Å². The van der Waals surface area contributed by atoms with Gasteiger partial charge in [-0.2, -0.15) is 12.6 Å². The molecular formula is C37H56N8O9S. The molecule has 0 bridgehead atoms. The quantitative estimate of drug-likeness (QED) is 0.0733. The minimum Gasteiger partial charge on any atom is -0.481 e. The number of aliphatic carboxylic acids is 1. The van der Waals surface area contributed by atoms with Crippen LogP contribution in [0.3, 0.4) is 0 Å². The number of nitrogens with one attached hydrogen (secondary N) is 7. The lowest BCUT2D eigenvalue weighted by atomic mass is 9.94. The van der Waals surface area contributed by atoms with Crippen LogP contribution in [0.15, 0.2) is 30.5 Å². The van der Waals surface area contributed by atoms with E-state index in [-0.39, 0.29) is 18.1 Å². The molecule has 0 unspecified atom stereocenters. The number of nitrogens with two attached hydrogens (primary N) is 1. The van der Waals surface area contributed by atoms with Crippen LogP contribution in [0.5, 0.6) is 0 Å². The fourth-order valence-corrected chi connectivity index (χ4v) is 6.04. The zero-order chi connectivity index (χ0) is 41.6. The van der Waals surface area contributed by atoms with Gasteiger partial charge in [-0.15, -0.1) is 0 Å². The van der Waals surface area contributed by atoms with E-state index in [1.165, 1.54) is 6.92 Å². The number of hydrogen-bond donors (Lipinski definition) is 10. The molecule has 0 fully saturated rings. The number of primary amides is 1. The molecule has 1 aromatic heterocycles. The molecule has 0 spiro atoms. The van der Waals surface area contributed by atoms with Crippen LogP contribution in [0.2, 0.25) is 0 Å². The Morgan fingerprint density at radius 2 is 1.20 bits per heavy atom. The average Bonchev–Trinajstić information content (AvgIpc) is 3.54. The van der Waals surface area contributed by atoms with E-state index in [1.54, 1.807) is 52.9 Å². The molecular weight excluding hydrogens is 733 g/mol. The molecule has 0 aliphatic heterocycles. The number of benzene rings is 1. The highest BCUT2D eigenvalue weighted by molar-refractivity contribution is 7.80. The van der Waals surface area contributed by atoms with Gasteiger partial charge in [0.1, 0.15) is 36.3 Å². The molecule has 2 rings (SSSR count). The largest absolute Gasteiger partial charge is 0.481 e. The summed E-state index contributed by atoms with van der Waals surface area (Å²) in [7, 11) is 0. The molecule has 304 valence electrons. The lowest BCUT2D eigenvalue weighted by Crippen LogP contribution is -2.62. The van der Waals surface area contributed by atoms with Crippen molar-refractivity contribution in [1.29, 1.82) is 0 Å². The molecule has 1 aromatic carbocycles. The fraction of sp³-hybridized carbons (Fsp3) is 0.568. The number of amides is 7. The number of aromatic nitrogens is 1. The predicted octanol–water partition coefficient (Wildman–Crippen LogP) is 0.277. The Balaban J connectivity index is 2.47. The Morgan fingerprint density at radius 3 is 1.73 bits per heavy atom. The Labute approximate surface area is 326 Å². The Kier molecular flexibility index (Phi) is 18.1. The second-order valence-electron chi connectivity index (χ2n) is 14.1. The van der Waals surface area contributed by atoms with Gasteiger partial charge in [0.25, 0.3) is 0 Å². The highest BCUT2D eigenvalue weighted by Crippen LogP contribution is 2.20. The number of carbonyl (C=O) groups excluding carboxylic acids is 7. The molecule has 8 atom stereocenters. The number of rotatable bonds is 22. The van der Waals surface area contributed by atoms with Gasteiger partial charge in [0.05, 0.1) is 6.42 Å². The summed E-state index contributed by atoms with van der Waals surface area (Å²) in [6.07, 6.45) is 1.67. The van der Waals surface area contributed by atoms with Crippen LogP contribution >= 0.6 is 12.6 Å². The molecule has 1 heterocycles. The number of hydrogen-bond acceptors (Lipinski definition) is 9. The van der Waals surface area contributed by atoms with Crippen molar-refractivity contribution in [2.45, 2.75) is 110 Å². The van der Waals surface area contributed by atoms with Gasteiger partial charge in [-0.1, -0.05) is 72.6 Å². The summed E-state index contributed by atoms with van der Waals surface area (Å²) in [4.78, 5) is 107. The third-order valence-corrected chi connectivity index (χ3v) is 9.85. The number of carboxylic acid groups (broad SMARTS) is 1. The molecule has 17 nitrogen and oxygen atoms in total. The minimum absolute atomic E-state index is 0.116. The highest BCUT2D eigenvalue weighted by Gasteiger charge is 2.36. The highest BCUT2D eigenvalue weighted by atomic mass is 32.1. The first-order valence-corrected chi connectivity index (χ1v) is 18.9. The van der Waals surface area contributed by atoms with Crippen molar-refractivity contribution in [3.8, 4) is 0 Å². The lowest BCUT2D eigenvalue weighted by Gasteiger charge is -2.31. The van der Waals surface area contributed by atoms with E-state index in [1.807, 2.05) is 19.1 Å². The maximum Gasteiger partial charge on any atom is 0.305 e. The van der Waals surface area contributed by atoms with Crippen LogP contribution in [0, 0.1) is 17.8 Å². The van der Waals surface area contributed by atoms with E-state index in [9.17, 15) is 43.5 Å². The van der Waals surface area contributed by atoms with Gasteiger partial charge in [-0.05, 0) is 29.4 Å². The van der Waals surface area contributed by atoms with Gasteiger partial charge < -0.3 is 47.7 Å². The van der Waals surface area contributed by atoms with E-state index < -0.39 is 102 Å². The summed E-state index contributed by atoms with van der Waals surface area (Å²) < 4.78 is 0. The van der Waals surface area contributed by atoms with Crippen molar-refractivity contribution < 1.29 is 43.5 Å². The summed E-state index contributed by atoms with van der Waals surface area (Å²) in [6, 6.07) is -0.319. The van der Waals surface area contributed by atoms with Crippen LogP contribution in [-0.4, -0.2) is 99.4 Å². The van der Waals surface area contributed by atoms with E-state index >= 15 is 0 Å². The molecule has 18 heteroatoms. The molecule has 0 aliphatic carbocycles. The summed E-state index contributed by atoms with van der Waals surface area (Å²) in [5.74, 6) is -8.02. The first-order valence-electron chi connectivity index (χ1n) is 18.3. The summed E-state index contributed by atoms with van der Waals surface area (Å²) in [6.45, 7) is 11.9. The van der Waals surface area contributed by atoms with E-state index in [0.29, 0.717) is 18.4 Å². The minimum atomic E-state index is -1.67. The number of thiol groups is 1. The van der Waals surface area contributed by atoms with Crippen molar-refractivity contribution >= 4 is 70.9 Å². The third kappa shape index (κ3) is 13.6. The summed E-state index contributed by atoms with van der Waals surface area (Å²) >= 11 is 3.99. The Hall–Kier alpha value is -5.13. The molecule has 0 aliphatic rings. The predicted molar refractivity (Wildman–Crippen MR) is 208 cm³/mol. The van der Waals surface area contributed by atoms with E-state index in [4.69, 9.17) is 5.73 Å². The number of para-hydroxylation sites is 1. The van der Waals surface area contributed by atoms with Crippen molar-refractivity contribution in [3.05, 3.63) is 36.0 Å². The van der Waals surface area contributed by atoms with E-state index in [0.717, 1.165) is 10.9 Å². The first kappa shape index (κ1) is 46.0. The number of fused-ring (bicyclic) bond motifs is 1. The zero-order valence-electron chi connectivity index (χ0n) is 32.4. The maximum atomic E-state index is 14.1. The smallest absolute Gasteiger partial charge is 0.305 e. The molecule has 0 radical (unpaired) electrons. The third-order valence-electron chi connectivity index (χ3n) is 9.48. The Morgan fingerprint density at radius 1 is 0.709 bits per heavy atom. The van der Waals surface area contributed by atoms with Gasteiger partial charge in [0, 0.05) is 36.2 Å². The lowest BCUT2D eigenvalue weighted by molar-refractivity contribution is -0.141. The van der Waals surface area contributed by atoms with Crippen molar-refractivity contribution in [1.82, 2.24) is 36.9 Å². The van der Waals surface area contributed by atoms with Crippen molar-refractivity contribution in [2.24, 2.45) is 23.5 Å². The SMILES string of the molecule is CC[C@H](C)[C@H](NC(C)=O)C(=O)N[C@H](C(=O)N[C@H](C(=O)N[C@@H](Cc1c[nH]c2ccccc12)C(=O)N[C@@H](CC(=O)O)C(=O)N[C@@H](CS)C(N)=O)[C@@H](C)CC)C(C)C. The number of carbonyl (C=O) groups is 8. The van der Waals surface area contributed by atoms with Crippen LogP contribution in [0.4, 0.5) is 0 Å². The normalized spacial score (nSPS) is 15.6. The average molecular weight is 789 g/mol. The first-order chi connectivity index (χ1) is 25.8. The second-order valence-corrected chi connectivity index (χ2v) is 14.5. The number of aromatic amines is 1. The molecule has 55 heavy (non-hydrogen) atoms. The zero-order valence-corrected chi connectivity index (χ0v) is 33.3. The summed E-state index contributed by atoms with van der Waals surface area (Å²) in [5, 5.41) is 25.8. The van der Waals surface area contributed by atoms with Crippen LogP contribution in [0.25, 0.3) is 10.9 Å². The van der Waals surface area contributed by atoms with Crippen LogP contribution in [0.1, 0.15) is 73.3 Å². The standard InChI is InChI=1S/C37H56N8O9S/c1-8-19(5)30(40-21(7)46)37(54)44-29(18(3)4)35(52)45-31(20(6)9-2)36(53)42-25(14-22-16-39-24-13-11-10-12-23(22)24)33(50)41-26(15-28(47)48)34(51)43-27(17-55)32(38)49/h10-13,16,18-20,25-27,29-31,39,55H,8-9,14-15,17H2,1-7H3,(H2,38,49)(H,40,46)(H,41,50)(H,42,53)(H,43,51)(H,44,54)(H,45,52)(H,47,48)/t19-,20-,25-,26-,27-,29-,30-,31-/m0/s1. The van der Waals surface area contributed by atoms with Crippen molar-refractivity contribution in [2.75, 3.05) is 5.75 Å². The van der Waals surface area contributed by atoms with Gasteiger partial charge in [0.15, 0.2) is 0 Å². The van der Waals surface area contributed by atoms with E-state index in [2.05, 4.69) is 49.5 Å². The van der Waals surface area contributed by atoms with Crippen LogP contribution in [-0.2, 0) is 44.8 Å². The monoisotopic (exact) mass is 788 g/mol. The molecule has 0 saturated heterocycles. The molecule has 10 N–H and O–H groups in total. The molecule has 2 aromatic rings. The van der Waals surface area contributed by atoms with Gasteiger partial charge >= 0.3 is 5.97 Å². The van der Waals surface area contributed by atoms with Gasteiger partial charge in [0.2, 0.25) is 41.4 Å². The molecule has 7 amide bonds.